The lowest BCUT2D eigenvalue weighted by Gasteiger charge is -2.35. The molecule has 1 unspecified atom stereocenters. The zero-order valence-electron chi connectivity index (χ0n) is 11.8. The van der Waals surface area contributed by atoms with E-state index in [1.165, 1.54) is 12.1 Å². The van der Waals surface area contributed by atoms with E-state index in [0.29, 0.717) is 0 Å². The summed E-state index contributed by atoms with van der Waals surface area (Å²) in [5, 5.41) is 7.57. The fourth-order valence-electron chi connectivity index (χ4n) is 2.59. The van der Waals surface area contributed by atoms with Crippen LogP contribution in [-0.2, 0) is 12.5 Å². The highest BCUT2D eigenvalue weighted by molar-refractivity contribution is 5.29. The van der Waals surface area contributed by atoms with Crippen molar-refractivity contribution < 1.29 is 4.39 Å². The number of hydrogen-bond acceptors (Lipinski definition) is 2. The van der Waals surface area contributed by atoms with Crippen molar-refractivity contribution in [3.8, 4) is 0 Å². The van der Waals surface area contributed by atoms with Crippen molar-refractivity contribution >= 4 is 0 Å². The molecule has 3 nitrogen and oxygen atoms in total. The first-order valence-electron chi connectivity index (χ1n) is 6.38. The molecule has 2 rings (SSSR count). The molecular weight excluding hydrogens is 241 g/mol. The molecule has 0 saturated carbocycles. The van der Waals surface area contributed by atoms with Crippen molar-refractivity contribution in [1.82, 2.24) is 15.1 Å². The summed E-state index contributed by atoms with van der Waals surface area (Å²) in [4.78, 5) is 0. The Morgan fingerprint density at radius 3 is 2.32 bits per heavy atom. The molecule has 1 aromatic carbocycles. The minimum absolute atomic E-state index is 0.102. The molecule has 0 amide bonds. The van der Waals surface area contributed by atoms with E-state index in [2.05, 4.69) is 24.3 Å². The standard InChI is InChI=1S/C15H20FN3/c1-15(2,11-5-7-12(16)8-6-11)14(17-3)13-9-10-18-19(13)4/h5-10,14,17H,1-4H3. The number of aryl methyl sites for hydroxylation is 1. The van der Waals surface area contributed by atoms with E-state index in [-0.39, 0.29) is 17.3 Å². The third-order valence-corrected chi connectivity index (χ3v) is 3.75. The van der Waals surface area contributed by atoms with Crippen LogP contribution in [0.2, 0.25) is 0 Å². The molecular formula is C15H20FN3. The Bertz CT molecular complexity index is 543. The Morgan fingerprint density at radius 1 is 1.21 bits per heavy atom. The lowest BCUT2D eigenvalue weighted by Crippen LogP contribution is -2.36. The van der Waals surface area contributed by atoms with Gasteiger partial charge in [-0.15, -0.1) is 0 Å². The van der Waals surface area contributed by atoms with Crippen molar-refractivity contribution in [2.45, 2.75) is 25.3 Å². The number of likely N-dealkylation sites (N-methyl/N-ethyl adjacent to an activating group) is 1. The first kappa shape index (κ1) is 13.7. The molecule has 0 saturated heterocycles. The molecule has 0 aliphatic heterocycles. The van der Waals surface area contributed by atoms with E-state index < -0.39 is 0 Å². The summed E-state index contributed by atoms with van der Waals surface area (Å²) >= 11 is 0. The van der Waals surface area contributed by atoms with E-state index >= 15 is 0 Å². The average Bonchev–Trinajstić information content (AvgIpc) is 2.77. The van der Waals surface area contributed by atoms with Gasteiger partial charge in [0.25, 0.3) is 0 Å². The summed E-state index contributed by atoms with van der Waals surface area (Å²) < 4.78 is 14.9. The van der Waals surface area contributed by atoms with Gasteiger partial charge in [-0.25, -0.2) is 4.39 Å². The molecule has 19 heavy (non-hydrogen) atoms. The van der Waals surface area contributed by atoms with Crippen molar-refractivity contribution in [3.63, 3.8) is 0 Å². The predicted octanol–water partition coefficient (Wildman–Crippen LogP) is 2.80. The van der Waals surface area contributed by atoms with Crippen LogP contribution in [0, 0.1) is 5.82 Å². The molecule has 2 aromatic rings. The lowest BCUT2D eigenvalue weighted by molar-refractivity contribution is 0.350. The second-order valence-corrected chi connectivity index (χ2v) is 5.33. The number of hydrogen-bond donors (Lipinski definition) is 1. The molecule has 0 spiro atoms. The monoisotopic (exact) mass is 261 g/mol. The van der Waals surface area contributed by atoms with Crippen molar-refractivity contribution in [1.29, 1.82) is 0 Å². The van der Waals surface area contributed by atoms with Crippen molar-refractivity contribution in [2.75, 3.05) is 7.05 Å². The topological polar surface area (TPSA) is 29.9 Å². The van der Waals surface area contributed by atoms with Gasteiger partial charge in [0, 0.05) is 18.7 Å². The molecule has 4 heteroatoms. The van der Waals surface area contributed by atoms with Gasteiger partial charge in [-0.1, -0.05) is 26.0 Å². The number of aromatic nitrogens is 2. The lowest BCUT2D eigenvalue weighted by atomic mass is 9.76. The number of halogens is 1. The fourth-order valence-corrected chi connectivity index (χ4v) is 2.59. The van der Waals surface area contributed by atoms with Crippen LogP contribution in [0.4, 0.5) is 4.39 Å². The maximum Gasteiger partial charge on any atom is 0.123 e. The first-order chi connectivity index (χ1) is 8.96. The fraction of sp³-hybridized carbons (Fsp3) is 0.400. The molecule has 0 aliphatic carbocycles. The van der Waals surface area contributed by atoms with Crippen LogP contribution >= 0.6 is 0 Å². The summed E-state index contributed by atoms with van der Waals surface area (Å²) in [6, 6.07) is 8.81. The highest BCUT2D eigenvalue weighted by atomic mass is 19.1. The molecule has 0 fully saturated rings. The molecule has 1 aromatic heterocycles. The number of benzene rings is 1. The van der Waals surface area contributed by atoms with Gasteiger partial charge in [-0.3, -0.25) is 4.68 Å². The molecule has 1 atom stereocenters. The van der Waals surface area contributed by atoms with E-state index in [4.69, 9.17) is 0 Å². The Labute approximate surface area is 113 Å². The maximum atomic E-state index is 13.1. The van der Waals surface area contributed by atoms with E-state index in [9.17, 15) is 4.39 Å². The van der Waals surface area contributed by atoms with Crippen LogP contribution in [0.5, 0.6) is 0 Å². The summed E-state index contributed by atoms with van der Waals surface area (Å²) in [5.74, 6) is -0.207. The van der Waals surface area contributed by atoms with Crippen LogP contribution in [0.3, 0.4) is 0 Å². The van der Waals surface area contributed by atoms with Crippen molar-refractivity contribution in [2.24, 2.45) is 7.05 Å². The van der Waals surface area contributed by atoms with Crippen molar-refractivity contribution in [3.05, 3.63) is 53.6 Å². The number of nitrogens with one attached hydrogen (secondary N) is 1. The summed E-state index contributed by atoms with van der Waals surface area (Å²) in [6.45, 7) is 4.29. The molecule has 0 bridgehead atoms. The second kappa shape index (κ2) is 5.13. The van der Waals surface area contributed by atoms with Gasteiger partial charge in [0.1, 0.15) is 5.82 Å². The van der Waals surface area contributed by atoms with Gasteiger partial charge in [0.05, 0.1) is 11.7 Å². The smallest absolute Gasteiger partial charge is 0.123 e. The minimum atomic E-state index is -0.207. The van der Waals surface area contributed by atoms with Crippen LogP contribution in [-0.4, -0.2) is 16.8 Å². The first-order valence-corrected chi connectivity index (χ1v) is 6.38. The minimum Gasteiger partial charge on any atom is -0.311 e. The second-order valence-electron chi connectivity index (χ2n) is 5.33. The maximum absolute atomic E-state index is 13.1. The average molecular weight is 261 g/mol. The third-order valence-electron chi connectivity index (χ3n) is 3.75. The summed E-state index contributed by atoms with van der Waals surface area (Å²) in [6.07, 6.45) is 1.79. The number of rotatable bonds is 4. The molecule has 0 aliphatic rings. The molecule has 0 radical (unpaired) electrons. The quantitative estimate of drug-likeness (QED) is 0.917. The Hall–Kier alpha value is -1.68. The largest absolute Gasteiger partial charge is 0.311 e. The Balaban J connectivity index is 2.41. The highest BCUT2D eigenvalue weighted by Gasteiger charge is 2.33. The van der Waals surface area contributed by atoms with Gasteiger partial charge < -0.3 is 5.32 Å². The Morgan fingerprint density at radius 2 is 1.84 bits per heavy atom. The van der Waals surface area contributed by atoms with Crippen LogP contribution in [0.25, 0.3) is 0 Å². The van der Waals surface area contributed by atoms with E-state index in [1.807, 2.05) is 37.0 Å². The molecule has 1 heterocycles. The SMILES string of the molecule is CNC(c1ccnn1C)C(C)(C)c1ccc(F)cc1. The van der Waals surface area contributed by atoms with E-state index in [0.717, 1.165) is 11.3 Å². The normalized spacial score (nSPS) is 13.5. The highest BCUT2D eigenvalue weighted by Crippen LogP contribution is 2.36. The zero-order valence-corrected chi connectivity index (χ0v) is 11.8. The van der Waals surface area contributed by atoms with Gasteiger partial charge in [-0.05, 0) is 30.8 Å². The Kier molecular flexibility index (Phi) is 3.71. The summed E-state index contributed by atoms with van der Waals surface area (Å²) in [7, 11) is 3.86. The zero-order chi connectivity index (χ0) is 14.0. The van der Waals surface area contributed by atoms with Gasteiger partial charge >= 0.3 is 0 Å². The summed E-state index contributed by atoms with van der Waals surface area (Å²) in [5.41, 5.74) is 2.03. The van der Waals surface area contributed by atoms with Gasteiger partial charge in [0.15, 0.2) is 0 Å². The molecule has 102 valence electrons. The predicted molar refractivity (Wildman–Crippen MR) is 74.4 cm³/mol. The number of nitrogens with zero attached hydrogens (tertiary/aromatic N) is 2. The van der Waals surface area contributed by atoms with E-state index in [1.54, 1.807) is 6.20 Å². The van der Waals surface area contributed by atoms with Gasteiger partial charge in [0.2, 0.25) is 0 Å². The third kappa shape index (κ3) is 2.54. The van der Waals surface area contributed by atoms with Crippen LogP contribution in [0.1, 0.15) is 31.1 Å². The molecule has 1 N–H and O–H groups in total. The van der Waals surface area contributed by atoms with Crippen LogP contribution in [0.15, 0.2) is 36.5 Å². The van der Waals surface area contributed by atoms with Crippen LogP contribution < -0.4 is 5.32 Å². The van der Waals surface area contributed by atoms with Gasteiger partial charge in [-0.2, -0.15) is 5.10 Å².